The summed E-state index contributed by atoms with van der Waals surface area (Å²) in [5, 5.41) is 11.7. The SMILES string of the molecule is CNC(=O)c1cc(F)c(-c2nc3cc(Cl)ccn3c2C[C@H]2CN(C(=O)O)CCO2)c(F)c1F. The monoisotopic (exact) mass is 482 g/mol. The van der Waals surface area contributed by atoms with Gasteiger partial charge in [0.15, 0.2) is 11.6 Å². The van der Waals surface area contributed by atoms with Crippen LogP contribution in [-0.4, -0.2) is 64.2 Å². The largest absolute Gasteiger partial charge is 0.465 e. The first-order valence-electron chi connectivity index (χ1n) is 9.87. The zero-order valence-electron chi connectivity index (χ0n) is 17.2. The molecule has 8 nitrogen and oxygen atoms in total. The molecule has 2 amide bonds. The number of imidazole rings is 1. The normalized spacial score (nSPS) is 16.3. The van der Waals surface area contributed by atoms with Crippen molar-refractivity contribution in [1.82, 2.24) is 19.6 Å². The van der Waals surface area contributed by atoms with Gasteiger partial charge in [0.2, 0.25) is 0 Å². The first kappa shape index (κ1) is 22.9. The molecule has 0 radical (unpaired) electrons. The molecule has 4 rings (SSSR count). The first-order chi connectivity index (χ1) is 15.7. The Morgan fingerprint density at radius 2 is 2.06 bits per heavy atom. The Bertz CT molecular complexity index is 1270. The quantitative estimate of drug-likeness (QED) is 0.556. The van der Waals surface area contributed by atoms with Crippen LogP contribution in [0.5, 0.6) is 0 Å². The third-order valence-corrected chi connectivity index (χ3v) is 5.62. The van der Waals surface area contributed by atoms with Crippen LogP contribution < -0.4 is 5.32 Å². The molecule has 3 heterocycles. The number of rotatable bonds is 4. The fourth-order valence-corrected chi connectivity index (χ4v) is 3.96. The molecule has 3 aromatic rings. The van der Waals surface area contributed by atoms with Crippen LogP contribution in [0.2, 0.25) is 5.02 Å². The molecule has 1 aromatic carbocycles. The second-order valence-corrected chi connectivity index (χ2v) is 7.83. The summed E-state index contributed by atoms with van der Waals surface area (Å²) < 4.78 is 51.9. The number of hydrogen-bond donors (Lipinski definition) is 2. The van der Waals surface area contributed by atoms with Gasteiger partial charge >= 0.3 is 6.09 Å². The number of aromatic nitrogens is 2. The van der Waals surface area contributed by atoms with Gasteiger partial charge < -0.3 is 24.5 Å². The van der Waals surface area contributed by atoms with E-state index in [-0.39, 0.29) is 43.2 Å². The van der Waals surface area contributed by atoms with Gasteiger partial charge in [0.25, 0.3) is 5.91 Å². The molecular weight excluding hydrogens is 465 g/mol. The Kier molecular flexibility index (Phi) is 6.17. The molecule has 2 aromatic heterocycles. The fourth-order valence-electron chi connectivity index (χ4n) is 3.81. The Morgan fingerprint density at radius 1 is 1.30 bits per heavy atom. The molecule has 0 aliphatic carbocycles. The molecule has 1 fully saturated rings. The number of fused-ring (bicyclic) bond motifs is 1. The number of amides is 2. The van der Waals surface area contributed by atoms with Crippen molar-refractivity contribution in [3.05, 3.63) is 58.1 Å². The molecular formula is C21H18ClF3N4O4. The lowest BCUT2D eigenvalue weighted by Crippen LogP contribution is -2.45. The van der Waals surface area contributed by atoms with Crippen molar-refractivity contribution in [2.75, 3.05) is 26.7 Å². The number of hydrogen-bond acceptors (Lipinski definition) is 4. The molecule has 1 aliphatic heterocycles. The third kappa shape index (κ3) is 4.21. The maximum absolute atomic E-state index is 15.1. The van der Waals surface area contributed by atoms with Crippen LogP contribution in [0.25, 0.3) is 16.9 Å². The van der Waals surface area contributed by atoms with Crippen LogP contribution in [0, 0.1) is 17.5 Å². The van der Waals surface area contributed by atoms with Crippen molar-refractivity contribution in [1.29, 1.82) is 0 Å². The molecule has 0 bridgehead atoms. The van der Waals surface area contributed by atoms with Gasteiger partial charge in [-0.3, -0.25) is 4.79 Å². The molecule has 12 heteroatoms. The standard InChI is InChI=1S/C21H18ClF3N4O4/c1-26-20(30)12-8-13(23)16(18(25)17(12)24)19-14(29-3-2-10(22)6-15(29)27-19)7-11-9-28(21(31)32)4-5-33-11/h2-3,6,8,11H,4-5,7,9H2,1H3,(H,26,30)(H,31,32)/t11-/m0/s1. The molecule has 0 unspecified atom stereocenters. The number of benzene rings is 1. The van der Waals surface area contributed by atoms with Crippen molar-refractivity contribution in [3.8, 4) is 11.3 Å². The Labute approximate surface area is 190 Å². The van der Waals surface area contributed by atoms with Crippen molar-refractivity contribution in [3.63, 3.8) is 0 Å². The van der Waals surface area contributed by atoms with E-state index in [0.717, 1.165) is 0 Å². The van der Waals surface area contributed by atoms with Gasteiger partial charge in [0.1, 0.15) is 11.5 Å². The third-order valence-electron chi connectivity index (χ3n) is 5.38. The van der Waals surface area contributed by atoms with E-state index >= 15 is 8.78 Å². The molecule has 0 saturated carbocycles. The van der Waals surface area contributed by atoms with Crippen LogP contribution >= 0.6 is 11.6 Å². The minimum Gasteiger partial charge on any atom is -0.465 e. The molecule has 1 aliphatic rings. The predicted molar refractivity (Wildman–Crippen MR) is 112 cm³/mol. The lowest BCUT2D eigenvalue weighted by atomic mass is 10.0. The van der Waals surface area contributed by atoms with Crippen molar-refractivity contribution >= 4 is 29.2 Å². The van der Waals surface area contributed by atoms with Gasteiger partial charge in [-0.1, -0.05) is 11.6 Å². The highest BCUT2D eigenvalue weighted by molar-refractivity contribution is 6.30. The lowest BCUT2D eigenvalue weighted by Gasteiger charge is -2.31. The zero-order valence-corrected chi connectivity index (χ0v) is 18.0. The average Bonchev–Trinajstić information content (AvgIpc) is 3.12. The van der Waals surface area contributed by atoms with E-state index in [2.05, 4.69) is 10.3 Å². The van der Waals surface area contributed by atoms with Gasteiger partial charge in [0.05, 0.1) is 41.8 Å². The summed E-state index contributed by atoms with van der Waals surface area (Å²) >= 11 is 6.03. The molecule has 1 atom stereocenters. The van der Waals surface area contributed by atoms with Gasteiger partial charge in [0, 0.05) is 37.3 Å². The Balaban J connectivity index is 1.86. The van der Waals surface area contributed by atoms with E-state index in [1.807, 2.05) is 0 Å². The van der Waals surface area contributed by atoms with E-state index in [0.29, 0.717) is 11.1 Å². The first-order valence-corrected chi connectivity index (χ1v) is 10.2. The molecule has 0 spiro atoms. The average molecular weight is 483 g/mol. The molecule has 174 valence electrons. The van der Waals surface area contributed by atoms with Crippen molar-refractivity contribution < 1.29 is 32.6 Å². The number of carbonyl (C=O) groups is 2. The number of ether oxygens (including phenoxy) is 1. The molecule has 33 heavy (non-hydrogen) atoms. The summed E-state index contributed by atoms with van der Waals surface area (Å²) in [5.41, 5.74) is -1.22. The zero-order chi connectivity index (χ0) is 23.9. The summed E-state index contributed by atoms with van der Waals surface area (Å²) in [6.07, 6.45) is -0.186. The minimum absolute atomic E-state index is 0.0274. The van der Waals surface area contributed by atoms with E-state index in [4.69, 9.17) is 16.3 Å². The highest BCUT2D eigenvalue weighted by Gasteiger charge is 2.30. The lowest BCUT2D eigenvalue weighted by molar-refractivity contribution is -0.0214. The topological polar surface area (TPSA) is 96.2 Å². The summed E-state index contributed by atoms with van der Waals surface area (Å²) in [6.45, 7) is 0.369. The van der Waals surface area contributed by atoms with Crippen LogP contribution in [-0.2, 0) is 11.2 Å². The Morgan fingerprint density at radius 3 is 2.76 bits per heavy atom. The number of carbonyl (C=O) groups excluding carboxylic acids is 1. The van der Waals surface area contributed by atoms with Gasteiger partial charge in [-0.05, 0) is 12.1 Å². The minimum atomic E-state index is -1.57. The summed E-state index contributed by atoms with van der Waals surface area (Å²) in [5.74, 6) is -5.25. The van der Waals surface area contributed by atoms with E-state index in [1.165, 1.54) is 34.7 Å². The maximum atomic E-state index is 15.1. The summed E-state index contributed by atoms with van der Waals surface area (Å²) in [7, 11) is 1.21. The predicted octanol–water partition coefficient (Wildman–Crippen LogP) is 3.35. The fraction of sp³-hybridized carbons (Fsp3) is 0.286. The van der Waals surface area contributed by atoms with Gasteiger partial charge in [-0.25, -0.2) is 22.9 Å². The van der Waals surface area contributed by atoms with Crippen molar-refractivity contribution in [2.45, 2.75) is 12.5 Å². The molecule has 2 N–H and O–H groups in total. The second-order valence-electron chi connectivity index (χ2n) is 7.39. The number of nitrogens with one attached hydrogen (secondary N) is 1. The van der Waals surface area contributed by atoms with E-state index in [1.54, 1.807) is 0 Å². The number of halogens is 4. The number of nitrogens with zero attached hydrogens (tertiary/aromatic N) is 3. The highest BCUT2D eigenvalue weighted by atomic mass is 35.5. The smallest absolute Gasteiger partial charge is 0.407 e. The second kappa shape index (κ2) is 8.91. The number of pyridine rings is 1. The van der Waals surface area contributed by atoms with Crippen molar-refractivity contribution in [2.24, 2.45) is 0 Å². The Hall–Kier alpha value is -3.31. The maximum Gasteiger partial charge on any atom is 0.407 e. The van der Waals surface area contributed by atoms with E-state index < -0.39 is 46.7 Å². The number of carboxylic acid groups (broad SMARTS) is 1. The summed E-state index contributed by atoms with van der Waals surface area (Å²) in [6, 6.07) is 3.61. The molecule has 1 saturated heterocycles. The summed E-state index contributed by atoms with van der Waals surface area (Å²) in [4.78, 5) is 28.6. The van der Waals surface area contributed by atoms with E-state index in [9.17, 15) is 19.1 Å². The number of morpholine rings is 1. The van der Waals surface area contributed by atoms with Crippen LogP contribution in [0.3, 0.4) is 0 Å². The van der Waals surface area contributed by atoms with Crippen LogP contribution in [0.1, 0.15) is 16.1 Å². The van der Waals surface area contributed by atoms with Gasteiger partial charge in [-0.2, -0.15) is 0 Å². The van der Waals surface area contributed by atoms with Gasteiger partial charge in [-0.15, -0.1) is 0 Å². The highest BCUT2D eigenvalue weighted by Crippen LogP contribution is 2.34. The van der Waals surface area contributed by atoms with Crippen LogP contribution in [0.4, 0.5) is 18.0 Å². The van der Waals surface area contributed by atoms with Crippen LogP contribution in [0.15, 0.2) is 24.4 Å².